The van der Waals surface area contributed by atoms with Gasteiger partial charge in [-0.15, -0.1) is 0 Å². The molecule has 152 valence electrons. The molecule has 0 N–H and O–H groups in total. The molecule has 4 nitrogen and oxygen atoms in total. The second-order valence-corrected chi connectivity index (χ2v) is 7.80. The highest BCUT2D eigenvalue weighted by Crippen LogP contribution is 2.38. The van der Waals surface area contributed by atoms with Gasteiger partial charge in [0.15, 0.2) is 11.6 Å². The molecule has 0 saturated carbocycles. The lowest BCUT2D eigenvalue weighted by molar-refractivity contribution is 0.900. The molecule has 4 rings (SSSR count). The summed E-state index contributed by atoms with van der Waals surface area (Å²) in [6, 6.07) is 27.5. The third-order valence-electron chi connectivity index (χ3n) is 5.56. The van der Waals surface area contributed by atoms with E-state index in [1.807, 2.05) is 6.07 Å². The number of nitrogens with zero attached hydrogens (tertiary/aromatic N) is 4. The zero-order valence-corrected chi connectivity index (χ0v) is 18.3. The maximum Gasteiger partial charge on any atom is 0.176 e. The van der Waals surface area contributed by atoms with E-state index in [0.717, 1.165) is 34.4 Å². The molecule has 0 atom stereocenters. The second kappa shape index (κ2) is 8.07. The van der Waals surface area contributed by atoms with E-state index in [-0.39, 0.29) is 0 Å². The lowest BCUT2D eigenvalue weighted by Gasteiger charge is -2.25. The second-order valence-electron chi connectivity index (χ2n) is 7.80. The summed E-state index contributed by atoms with van der Waals surface area (Å²) in [4.78, 5) is 9.46. The summed E-state index contributed by atoms with van der Waals surface area (Å²) >= 11 is 0. The van der Waals surface area contributed by atoms with Crippen molar-refractivity contribution in [3.8, 4) is 11.4 Å². The summed E-state index contributed by atoms with van der Waals surface area (Å²) in [7, 11) is 6.26. The number of rotatable bonds is 5. The standard InChI is InChI=1S/C26H28N4/c1-19-11-15-22(16-12-19)28(3)25-26(29(4)23-17-13-20(2)14-18-23)30(5)24(27-25)21-9-7-6-8-10-21/h6-18H,1-5H3. The van der Waals surface area contributed by atoms with Gasteiger partial charge in [0.1, 0.15) is 5.82 Å². The largest absolute Gasteiger partial charge is 0.328 e. The van der Waals surface area contributed by atoms with Gasteiger partial charge in [-0.3, -0.25) is 0 Å². The van der Waals surface area contributed by atoms with Crippen LogP contribution in [0.4, 0.5) is 23.0 Å². The number of hydrogen-bond acceptors (Lipinski definition) is 3. The van der Waals surface area contributed by atoms with Crippen molar-refractivity contribution < 1.29 is 0 Å². The average molecular weight is 397 g/mol. The van der Waals surface area contributed by atoms with Crippen molar-refractivity contribution in [2.75, 3.05) is 23.9 Å². The first-order chi connectivity index (χ1) is 14.5. The number of aryl methyl sites for hydroxylation is 2. The maximum atomic E-state index is 5.09. The monoisotopic (exact) mass is 396 g/mol. The summed E-state index contributed by atoms with van der Waals surface area (Å²) in [5, 5.41) is 0. The summed E-state index contributed by atoms with van der Waals surface area (Å²) in [6.07, 6.45) is 0. The summed E-state index contributed by atoms with van der Waals surface area (Å²) in [6.45, 7) is 4.21. The number of aromatic nitrogens is 2. The van der Waals surface area contributed by atoms with Gasteiger partial charge in [0.25, 0.3) is 0 Å². The van der Waals surface area contributed by atoms with E-state index >= 15 is 0 Å². The molecular formula is C26H28N4. The maximum absolute atomic E-state index is 5.09. The van der Waals surface area contributed by atoms with Crippen molar-refractivity contribution in [2.45, 2.75) is 13.8 Å². The van der Waals surface area contributed by atoms with Gasteiger partial charge in [-0.05, 0) is 38.1 Å². The Bertz CT molecular complexity index is 1130. The van der Waals surface area contributed by atoms with Crippen molar-refractivity contribution in [1.29, 1.82) is 0 Å². The lowest BCUT2D eigenvalue weighted by Crippen LogP contribution is -2.18. The first-order valence-corrected chi connectivity index (χ1v) is 10.2. The molecule has 30 heavy (non-hydrogen) atoms. The van der Waals surface area contributed by atoms with Crippen LogP contribution in [-0.4, -0.2) is 23.6 Å². The average Bonchev–Trinajstić information content (AvgIpc) is 3.11. The minimum absolute atomic E-state index is 0.920. The lowest BCUT2D eigenvalue weighted by atomic mass is 10.2. The molecular weight excluding hydrogens is 368 g/mol. The number of hydrogen-bond donors (Lipinski definition) is 0. The quantitative estimate of drug-likeness (QED) is 0.399. The van der Waals surface area contributed by atoms with Crippen LogP contribution in [0.5, 0.6) is 0 Å². The number of benzene rings is 3. The van der Waals surface area contributed by atoms with Gasteiger partial charge >= 0.3 is 0 Å². The van der Waals surface area contributed by atoms with E-state index < -0.39 is 0 Å². The van der Waals surface area contributed by atoms with E-state index in [4.69, 9.17) is 4.98 Å². The molecule has 0 fully saturated rings. The SMILES string of the molecule is Cc1ccc(N(C)c2nc(-c3ccccc3)n(C)c2N(C)c2ccc(C)cc2)cc1. The Morgan fingerprint density at radius 3 is 1.70 bits per heavy atom. The predicted molar refractivity (Wildman–Crippen MR) is 127 cm³/mol. The predicted octanol–water partition coefficient (Wildman–Crippen LogP) is 6.24. The van der Waals surface area contributed by atoms with Crippen LogP contribution >= 0.6 is 0 Å². The molecule has 0 radical (unpaired) electrons. The van der Waals surface area contributed by atoms with Crippen LogP contribution in [0.1, 0.15) is 11.1 Å². The van der Waals surface area contributed by atoms with Crippen LogP contribution in [0.2, 0.25) is 0 Å². The zero-order chi connectivity index (χ0) is 21.3. The highest BCUT2D eigenvalue weighted by Gasteiger charge is 2.23. The molecule has 1 heterocycles. The van der Waals surface area contributed by atoms with Gasteiger partial charge in [0.2, 0.25) is 0 Å². The van der Waals surface area contributed by atoms with Crippen molar-refractivity contribution in [3.63, 3.8) is 0 Å². The van der Waals surface area contributed by atoms with Crippen molar-refractivity contribution in [2.24, 2.45) is 7.05 Å². The van der Waals surface area contributed by atoms with E-state index in [0.29, 0.717) is 0 Å². The third-order valence-corrected chi connectivity index (χ3v) is 5.56. The fourth-order valence-corrected chi connectivity index (χ4v) is 3.70. The van der Waals surface area contributed by atoms with Crippen LogP contribution in [0.3, 0.4) is 0 Å². The van der Waals surface area contributed by atoms with Gasteiger partial charge in [0, 0.05) is 38.1 Å². The Labute approximate surface area is 179 Å². The Kier molecular flexibility index (Phi) is 5.32. The molecule has 0 spiro atoms. The van der Waals surface area contributed by atoms with Crippen molar-refractivity contribution in [3.05, 3.63) is 90.0 Å². The van der Waals surface area contributed by atoms with Gasteiger partial charge in [-0.2, -0.15) is 0 Å². The Hall–Kier alpha value is -3.53. The molecule has 0 aliphatic heterocycles. The summed E-state index contributed by atoms with van der Waals surface area (Å²) in [5.41, 5.74) is 5.83. The van der Waals surface area contributed by atoms with Gasteiger partial charge < -0.3 is 14.4 Å². The summed E-state index contributed by atoms with van der Waals surface area (Å²) < 4.78 is 2.18. The smallest absolute Gasteiger partial charge is 0.176 e. The normalized spacial score (nSPS) is 10.8. The number of anilines is 4. The molecule has 0 aliphatic rings. The first kappa shape index (κ1) is 19.8. The van der Waals surface area contributed by atoms with Crippen LogP contribution in [0.25, 0.3) is 11.4 Å². The first-order valence-electron chi connectivity index (χ1n) is 10.2. The highest BCUT2D eigenvalue weighted by atomic mass is 15.3. The van der Waals surface area contributed by atoms with Gasteiger partial charge in [-0.1, -0.05) is 65.7 Å². The minimum atomic E-state index is 0.920. The molecule has 0 bridgehead atoms. The molecule has 0 amide bonds. The Morgan fingerprint density at radius 1 is 0.667 bits per heavy atom. The van der Waals surface area contributed by atoms with Crippen LogP contribution in [-0.2, 0) is 7.05 Å². The fraction of sp³-hybridized carbons (Fsp3) is 0.192. The molecule has 4 heteroatoms. The molecule has 0 unspecified atom stereocenters. The topological polar surface area (TPSA) is 24.3 Å². The highest BCUT2D eigenvalue weighted by molar-refractivity contribution is 5.79. The third kappa shape index (κ3) is 3.69. The van der Waals surface area contributed by atoms with Crippen LogP contribution in [0.15, 0.2) is 78.9 Å². The molecule has 1 aromatic heterocycles. The van der Waals surface area contributed by atoms with Crippen LogP contribution in [0, 0.1) is 13.8 Å². The molecule has 0 saturated heterocycles. The van der Waals surface area contributed by atoms with Crippen molar-refractivity contribution >= 4 is 23.0 Å². The number of imidazole rings is 1. The molecule has 3 aromatic carbocycles. The molecule has 4 aromatic rings. The van der Waals surface area contributed by atoms with Gasteiger partial charge in [0.05, 0.1) is 0 Å². The zero-order valence-electron chi connectivity index (χ0n) is 18.3. The minimum Gasteiger partial charge on any atom is -0.328 e. The molecule has 0 aliphatic carbocycles. The van der Waals surface area contributed by atoms with E-state index in [9.17, 15) is 0 Å². The Morgan fingerprint density at radius 2 is 1.17 bits per heavy atom. The van der Waals surface area contributed by atoms with E-state index in [1.165, 1.54) is 11.1 Å². The summed E-state index contributed by atoms with van der Waals surface area (Å²) in [5.74, 6) is 2.91. The van der Waals surface area contributed by atoms with Gasteiger partial charge in [-0.25, -0.2) is 4.98 Å². The van der Waals surface area contributed by atoms with Crippen molar-refractivity contribution in [1.82, 2.24) is 9.55 Å². The fourth-order valence-electron chi connectivity index (χ4n) is 3.70. The van der Waals surface area contributed by atoms with E-state index in [2.05, 4.69) is 122 Å². The Balaban J connectivity index is 1.86. The van der Waals surface area contributed by atoms with Crippen LogP contribution < -0.4 is 9.80 Å². The van der Waals surface area contributed by atoms with E-state index in [1.54, 1.807) is 0 Å².